The topological polar surface area (TPSA) is 12.0 Å². The Bertz CT molecular complexity index is 1010. The summed E-state index contributed by atoms with van der Waals surface area (Å²) in [6, 6.07) is 23.7. The first kappa shape index (κ1) is 15.0. The molecular formula is C22H19NS. The van der Waals surface area contributed by atoms with Crippen LogP contribution in [0.2, 0.25) is 0 Å². The van der Waals surface area contributed by atoms with Gasteiger partial charge in [-0.2, -0.15) is 0 Å². The van der Waals surface area contributed by atoms with Gasteiger partial charge in [-0.25, -0.2) is 0 Å². The number of hydrogen-bond donors (Lipinski definition) is 1. The second-order valence-electron chi connectivity index (χ2n) is 5.89. The monoisotopic (exact) mass is 329 g/mol. The van der Waals surface area contributed by atoms with Crippen molar-refractivity contribution in [3.8, 4) is 0 Å². The molecule has 0 aliphatic heterocycles. The van der Waals surface area contributed by atoms with Crippen molar-refractivity contribution in [2.45, 2.75) is 6.42 Å². The summed E-state index contributed by atoms with van der Waals surface area (Å²) in [5.41, 5.74) is 3.74. The first-order valence-electron chi connectivity index (χ1n) is 8.21. The van der Waals surface area contributed by atoms with Crippen LogP contribution in [0, 0.1) is 0 Å². The number of nitrogens with one attached hydrogen (secondary N) is 1. The highest BCUT2D eigenvalue weighted by Crippen LogP contribution is 2.35. The third-order valence-corrected chi connectivity index (χ3v) is 5.51. The lowest BCUT2D eigenvalue weighted by molar-refractivity contribution is 1.02. The summed E-state index contributed by atoms with van der Waals surface area (Å²) in [6.07, 6.45) is 2.92. The molecule has 0 unspecified atom stereocenters. The number of hydrogen-bond acceptors (Lipinski definition) is 2. The van der Waals surface area contributed by atoms with Crippen LogP contribution in [-0.4, -0.2) is 6.54 Å². The molecule has 0 aliphatic carbocycles. The van der Waals surface area contributed by atoms with Crippen LogP contribution >= 0.6 is 11.3 Å². The number of benzene rings is 3. The van der Waals surface area contributed by atoms with Crippen LogP contribution in [0.1, 0.15) is 11.1 Å². The van der Waals surface area contributed by atoms with Gasteiger partial charge in [0.25, 0.3) is 0 Å². The minimum atomic E-state index is 0.918. The highest BCUT2D eigenvalue weighted by atomic mass is 32.1. The Balaban J connectivity index is 1.52. The van der Waals surface area contributed by atoms with Crippen molar-refractivity contribution in [3.05, 3.63) is 84.4 Å². The third-order valence-electron chi connectivity index (χ3n) is 4.38. The zero-order valence-corrected chi connectivity index (χ0v) is 14.3. The lowest BCUT2D eigenvalue weighted by Gasteiger charge is -2.09. The first-order chi connectivity index (χ1) is 11.8. The maximum absolute atomic E-state index is 3.89. The second kappa shape index (κ2) is 6.50. The van der Waals surface area contributed by atoms with Crippen LogP contribution < -0.4 is 5.32 Å². The van der Waals surface area contributed by atoms with Gasteiger partial charge in [0, 0.05) is 32.4 Å². The molecule has 0 fully saturated rings. The summed E-state index contributed by atoms with van der Waals surface area (Å²) in [5, 5.41) is 6.25. The average molecular weight is 329 g/mol. The molecule has 0 atom stereocenters. The summed E-state index contributed by atoms with van der Waals surface area (Å²) in [7, 11) is 0. The number of anilines is 1. The molecule has 1 aromatic heterocycles. The van der Waals surface area contributed by atoms with Crippen LogP contribution in [0.4, 0.5) is 5.69 Å². The van der Waals surface area contributed by atoms with Gasteiger partial charge in [0.2, 0.25) is 0 Å². The minimum absolute atomic E-state index is 0.918. The fraction of sp³-hybridized carbons (Fsp3) is 0.0909. The minimum Gasteiger partial charge on any atom is -0.385 e. The Hall–Kier alpha value is -2.58. The maximum atomic E-state index is 3.89. The Morgan fingerprint density at radius 1 is 0.875 bits per heavy atom. The standard InChI is InChI=1S/C22H19NS/c1-2-16-7-3-4-8-17(16)13-14-23-18-11-12-20-19-9-5-6-10-21(19)24-22(20)15-18/h2-12,15,23H,1,13-14H2. The van der Waals surface area contributed by atoms with E-state index in [2.05, 4.69) is 78.6 Å². The molecule has 1 N–H and O–H groups in total. The van der Waals surface area contributed by atoms with Gasteiger partial charge in [0.05, 0.1) is 0 Å². The van der Waals surface area contributed by atoms with E-state index in [0.29, 0.717) is 0 Å². The van der Waals surface area contributed by atoms with Gasteiger partial charge < -0.3 is 5.32 Å². The number of rotatable bonds is 5. The molecule has 0 aliphatic rings. The lowest BCUT2D eigenvalue weighted by atomic mass is 10.0. The van der Waals surface area contributed by atoms with E-state index >= 15 is 0 Å². The normalized spacial score (nSPS) is 11.0. The highest BCUT2D eigenvalue weighted by Gasteiger charge is 2.05. The van der Waals surface area contributed by atoms with Gasteiger partial charge in [0.15, 0.2) is 0 Å². The fourth-order valence-electron chi connectivity index (χ4n) is 3.14. The quantitative estimate of drug-likeness (QED) is 0.450. The summed E-state index contributed by atoms with van der Waals surface area (Å²) in [4.78, 5) is 0. The molecule has 0 bridgehead atoms. The van der Waals surface area contributed by atoms with E-state index < -0.39 is 0 Å². The zero-order valence-electron chi connectivity index (χ0n) is 13.5. The van der Waals surface area contributed by atoms with Crippen molar-refractivity contribution < 1.29 is 0 Å². The fourth-order valence-corrected chi connectivity index (χ4v) is 4.28. The van der Waals surface area contributed by atoms with E-state index in [4.69, 9.17) is 0 Å². The van der Waals surface area contributed by atoms with Crippen molar-refractivity contribution in [1.82, 2.24) is 0 Å². The molecule has 2 heteroatoms. The Labute approximate surface area is 146 Å². The van der Waals surface area contributed by atoms with Crippen molar-refractivity contribution in [2.75, 3.05) is 11.9 Å². The Morgan fingerprint density at radius 3 is 2.58 bits per heavy atom. The maximum Gasteiger partial charge on any atom is 0.0375 e. The predicted octanol–water partition coefficient (Wildman–Crippen LogP) is 6.35. The van der Waals surface area contributed by atoms with Crippen LogP contribution in [0.3, 0.4) is 0 Å². The summed E-state index contributed by atoms with van der Waals surface area (Å²) in [5.74, 6) is 0. The summed E-state index contributed by atoms with van der Waals surface area (Å²) < 4.78 is 2.69. The molecule has 4 aromatic rings. The van der Waals surface area contributed by atoms with E-state index in [-0.39, 0.29) is 0 Å². The Morgan fingerprint density at radius 2 is 1.67 bits per heavy atom. The molecule has 118 valence electrons. The molecule has 0 radical (unpaired) electrons. The summed E-state index contributed by atoms with van der Waals surface area (Å²) >= 11 is 1.86. The van der Waals surface area contributed by atoms with Crippen molar-refractivity contribution >= 4 is 43.3 Å². The summed E-state index contributed by atoms with van der Waals surface area (Å²) in [6.45, 7) is 4.81. The van der Waals surface area contributed by atoms with E-state index in [9.17, 15) is 0 Å². The first-order valence-corrected chi connectivity index (χ1v) is 9.02. The van der Waals surface area contributed by atoms with Gasteiger partial charge in [-0.05, 0) is 35.7 Å². The average Bonchev–Trinajstić information content (AvgIpc) is 3.00. The number of fused-ring (bicyclic) bond motifs is 3. The predicted molar refractivity (Wildman–Crippen MR) is 108 cm³/mol. The van der Waals surface area contributed by atoms with E-state index in [0.717, 1.165) is 13.0 Å². The van der Waals surface area contributed by atoms with E-state index in [1.165, 1.54) is 37.0 Å². The van der Waals surface area contributed by atoms with E-state index in [1.54, 1.807) is 0 Å². The molecule has 0 saturated heterocycles. The van der Waals surface area contributed by atoms with Crippen molar-refractivity contribution in [1.29, 1.82) is 0 Å². The molecule has 0 spiro atoms. The van der Waals surface area contributed by atoms with Crippen LogP contribution in [-0.2, 0) is 6.42 Å². The van der Waals surface area contributed by atoms with Crippen molar-refractivity contribution in [2.24, 2.45) is 0 Å². The van der Waals surface area contributed by atoms with Crippen LogP contribution in [0.25, 0.3) is 26.2 Å². The SMILES string of the molecule is C=Cc1ccccc1CCNc1ccc2c(c1)sc1ccccc12. The molecule has 3 aromatic carbocycles. The molecule has 1 heterocycles. The molecule has 0 saturated carbocycles. The molecule has 4 rings (SSSR count). The third kappa shape index (κ3) is 2.81. The van der Waals surface area contributed by atoms with Gasteiger partial charge in [0.1, 0.15) is 0 Å². The molecule has 1 nitrogen and oxygen atoms in total. The van der Waals surface area contributed by atoms with Crippen LogP contribution in [0.15, 0.2) is 73.3 Å². The van der Waals surface area contributed by atoms with Gasteiger partial charge in [-0.15, -0.1) is 11.3 Å². The van der Waals surface area contributed by atoms with Crippen LogP contribution in [0.5, 0.6) is 0 Å². The van der Waals surface area contributed by atoms with Gasteiger partial charge >= 0.3 is 0 Å². The number of thiophene rings is 1. The molecule has 24 heavy (non-hydrogen) atoms. The lowest BCUT2D eigenvalue weighted by Crippen LogP contribution is -2.05. The van der Waals surface area contributed by atoms with E-state index in [1.807, 2.05) is 17.4 Å². The molecular weight excluding hydrogens is 310 g/mol. The van der Waals surface area contributed by atoms with Gasteiger partial charge in [-0.1, -0.05) is 61.2 Å². The largest absolute Gasteiger partial charge is 0.385 e. The Kier molecular flexibility index (Phi) is 4.06. The second-order valence-corrected chi connectivity index (χ2v) is 6.97. The highest BCUT2D eigenvalue weighted by molar-refractivity contribution is 7.25. The van der Waals surface area contributed by atoms with Gasteiger partial charge in [-0.3, -0.25) is 0 Å². The zero-order chi connectivity index (χ0) is 16.4. The smallest absolute Gasteiger partial charge is 0.0375 e. The molecule has 0 amide bonds. The van der Waals surface area contributed by atoms with Crippen molar-refractivity contribution in [3.63, 3.8) is 0 Å².